The first-order valence-corrected chi connectivity index (χ1v) is 5.86. The molecule has 0 saturated heterocycles. The molecule has 0 heterocycles. The van der Waals surface area contributed by atoms with Crippen LogP contribution >= 0.6 is 0 Å². The lowest BCUT2D eigenvalue weighted by atomic mass is 10.0. The molecule has 0 saturated carbocycles. The van der Waals surface area contributed by atoms with Crippen LogP contribution in [0.5, 0.6) is 0 Å². The number of hydrogen-bond acceptors (Lipinski definition) is 3. The van der Waals surface area contributed by atoms with Gasteiger partial charge in [-0.2, -0.15) is 0 Å². The maximum Gasteiger partial charge on any atom is 0.304 e. The summed E-state index contributed by atoms with van der Waals surface area (Å²) in [5.74, 6) is -0.290. The van der Waals surface area contributed by atoms with E-state index >= 15 is 0 Å². The van der Waals surface area contributed by atoms with Gasteiger partial charge in [-0.15, -0.1) is 0 Å². The quantitative estimate of drug-likeness (QED) is 0.692. The molecule has 0 bridgehead atoms. The lowest BCUT2D eigenvalue weighted by Crippen LogP contribution is -2.47. The SMILES string of the molecule is COCC(C(C)C)N(CCC(=O)O)C(C)C. The molecule has 0 aromatic rings. The first-order chi connectivity index (χ1) is 7.40. The monoisotopic (exact) mass is 231 g/mol. The second-order valence-corrected chi connectivity index (χ2v) is 4.74. The summed E-state index contributed by atoms with van der Waals surface area (Å²) in [7, 11) is 1.69. The highest BCUT2D eigenvalue weighted by Crippen LogP contribution is 2.15. The Morgan fingerprint density at radius 3 is 2.19 bits per heavy atom. The molecule has 0 fully saturated rings. The predicted octanol–water partition coefficient (Wildman–Crippen LogP) is 1.84. The van der Waals surface area contributed by atoms with Crippen LogP contribution in [0.2, 0.25) is 0 Å². The Morgan fingerprint density at radius 2 is 1.88 bits per heavy atom. The largest absolute Gasteiger partial charge is 0.481 e. The summed E-state index contributed by atoms with van der Waals surface area (Å²) >= 11 is 0. The van der Waals surface area contributed by atoms with Crippen LogP contribution in [0.15, 0.2) is 0 Å². The fraction of sp³-hybridized carbons (Fsp3) is 0.917. The van der Waals surface area contributed by atoms with Crippen molar-refractivity contribution < 1.29 is 14.6 Å². The zero-order chi connectivity index (χ0) is 12.7. The Morgan fingerprint density at radius 1 is 1.31 bits per heavy atom. The summed E-state index contributed by atoms with van der Waals surface area (Å²) in [6, 6.07) is 0.617. The number of hydrogen-bond donors (Lipinski definition) is 1. The van der Waals surface area contributed by atoms with Crippen LogP contribution in [0.25, 0.3) is 0 Å². The number of ether oxygens (including phenoxy) is 1. The summed E-state index contributed by atoms with van der Waals surface area (Å²) in [6.45, 7) is 9.69. The molecule has 0 radical (unpaired) electrons. The third-order valence-corrected chi connectivity index (χ3v) is 2.78. The molecule has 4 heteroatoms. The summed E-state index contributed by atoms with van der Waals surface area (Å²) in [5, 5.41) is 8.74. The minimum absolute atomic E-state index is 0.186. The normalized spacial score (nSPS) is 13.8. The molecule has 0 aliphatic rings. The van der Waals surface area contributed by atoms with Crippen LogP contribution in [0.3, 0.4) is 0 Å². The fourth-order valence-corrected chi connectivity index (χ4v) is 1.87. The summed E-state index contributed by atoms with van der Waals surface area (Å²) in [4.78, 5) is 12.8. The van der Waals surface area contributed by atoms with Gasteiger partial charge in [0.1, 0.15) is 0 Å². The van der Waals surface area contributed by atoms with Crippen molar-refractivity contribution in [1.29, 1.82) is 0 Å². The zero-order valence-electron chi connectivity index (χ0n) is 11.1. The second kappa shape index (κ2) is 7.63. The van der Waals surface area contributed by atoms with Gasteiger partial charge < -0.3 is 9.84 Å². The van der Waals surface area contributed by atoms with Gasteiger partial charge in [-0.25, -0.2) is 0 Å². The lowest BCUT2D eigenvalue weighted by Gasteiger charge is -2.36. The molecule has 96 valence electrons. The third-order valence-electron chi connectivity index (χ3n) is 2.78. The lowest BCUT2D eigenvalue weighted by molar-refractivity contribution is -0.137. The molecule has 0 amide bonds. The Balaban J connectivity index is 4.50. The molecule has 1 unspecified atom stereocenters. The van der Waals surface area contributed by atoms with Crippen LogP contribution in [0, 0.1) is 5.92 Å². The molecule has 1 N–H and O–H groups in total. The Hall–Kier alpha value is -0.610. The van der Waals surface area contributed by atoms with Crippen molar-refractivity contribution in [2.45, 2.75) is 46.2 Å². The van der Waals surface area contributed by atoms with Crippen LogP contribution in [-0.4, -0.2) is 48.3 Å². The van der Waals surface area contributed by atoms with Crippen molar-refractivity contribution in [3.05, 3.63) is 0 Å². The van der Waals surface area contributed by atoms with Crippen LogP contribution < -0.4 is 0 Å². The Bertz CT molecular complexity index is 204. The highest BCUT2D eigenvalue weighted by molar-refractivity contribution is 5.66. The first-order valence-electron chi connectivity index (χ1n) is 5.86. The summed E-state index contributed by atoms with van der Waals surface area (Å²) in [5.41, 5.74) is 0. The topological polar surface area (TPSA) is 49.8 Å². The molecule has 4 nitrogen and oxygen atoms in total. The van der Waals surface area contributed by atoms with Crippen molar-refractivity contribution in [2.24, 2.45) is 5.92 Å². The van der Waals surface area contributed by atoms with E-state index in [0.29, 0.717) is 25.1 Å². The molecular formula is C12H25NO3. The molecule has 0 aliphatic carbocycles. The molecule has 0 rings (SSSR count). The van der Waals surface area contributed by atoms with E-state index in [-0.39, 0.29) is 12.5 Å². The van der Waals surface area contributed by atoms with Gasteiger partial charge in [0.2, 0.25) is 0 Å². The second-order valence-electron chi connectivity index (χ2n) is 4.74. The van der Waals surface area contributed by atoms with Gasteiger partial charge in [0.25, 0.3) is 0 Å². The fourth-order valence-electron chi connectivity index (χ4n) is 1.87. The maximum atomic E-state index is 10.6. The van der Waals surface area contributed by atoms with E-state index in [4.69, 9.17) is 9.84 Å². The van der Waals surface area contributed by atoms with E-state index in [0.717, 1.165) is 0 Å². The van der Waals surface area contributed by atoms with E-state index in [9.17, 15) is 4.79 Å². The molecule has 16 heavy (non-hydrogen) atoms. The smallest absolute Gasteiger partial charge is 0.304 e. The van der Waals surface area contributed by atoms with Gasteiger partial charge in [-0.05, 0) is 19.8 Å². The minimum atomic E-state index is -0.745. The van der Waals surface area contributed by atoms with E-state index in [1.807, 2.05) is 0 Å². The molecule has 0 aromatic heterocycles. The Kier molecular flexibility index (Phi) is 7.34. The molecule has 0 aromatic carbocycles. The van der Waals surface area contributed by atoms with E-state index in [2.05, 4.69) is 32.6 Å². The van der Waals surface area contributed by atoms with Gasteiger partial charge in [0, 0.05) is 25.7 Å². The van der Waals surface area contributed by atoms with Gasteiger partial charge in [-0.3, -0.25) is 9.69 Å². The number of nitrogens with zero attached hydrogens (tertiary/aromatic N) is 1. The van der Waals surface area contributed by atoms with Crippen molar-refractivity contribution in [2.75, 3.05) is 20.3 Å². The van der Waals surface area contributed by atoms with Gasteiger partial charge >= 0.3 is 5.97 Å². The molecular weight excluding hydrogens is 206 g/mol. The maximum absolute atomic E-state index is 10.6. The standard InChI is InChI=1S/C12H25NO3/c1-9(2)11(8-16-5)13(10(3)4)7-6-12(14)15/h9-11H,6-8H2,1-5H3,(H,14,15). The van der Waals surface area contributed by atoms with Gasteiger partial charge in [0.05, 0.1) is 13.0 Å². The van der Waals surface area contributed by atoms with Crippen molar-refractivity contribution in [1.82, 2.24) is 4.90 Å². The number of rotatable bonds is 8. The number of carboxylic acid groups (broad SMARTS) is 1. The first kappa shape index (κ1) is 15.4. The van der Waals surface area contributed by atoms with Crippen LogP contribution in [0.1, 0.15) is 34.1 Å². The number of aliphatic carboxylic acids is 1. The van der Waals surface area contributed by atoms with E-state index in [1.165, 1.54) is 0 Å². The number of carboxylic acids is 1. The van der Waals surface area contributed by atoms with Crippen LogP contribution in [0.4, 0.5) is 0 Å². The van der Waals surface area contributed by atoms with Crippen LogP contribution in [-0.2, 0) is 9.53 Å². The molecule has 1 atom stereocenters. The highest BCUT2D eigenvalue weighted by atomic mass is 16.5. The average Bonchev–Trinajstić information content (AvgIpc) is 2.15. The molecule has 0 aliphatic heterocycles. The average molecular weight is 231 g/mol. The Labute approximate surface area is 98.6 Å². The summed E-state index contributed by atoms with van der Waals surface area (Å²) in [6.07, 6.45) is 0.186. The summed E-state index contributed by atoms with van der Waals surface area (Å²) < 4.78 is 5.21. The minimum Gasteiger partial charge on any atom is -0.481 e. The number of methoxy groups -OCH3 is 1. The zero-order valence-corrected chi connectivity index (χ0v) is 11.1. The van der Waals surface area contributed by atoms with E-state index < -0.39 is 5.97 Å². The molecule has 0 spiro atoms. The van der Waals surface area contributed by atoms with Crippen molar-refractivity contribution >= 4 is 5.97 Å². The predicted molar refractivity (Wildman–Crippen MR) is 64.6 cm³/mol. The van der Waals surface area contributed by atoms with Crippen molar-refractivity contribution in [3.8, 4) is 0 Å². The highest BCUT2D eigenvalue weighted by Gasteiger charge is 2.24. The van der Waals surface area contributed by atoms with Gasteiger partial charge in [-0.1, -0.05) is 13.8 Å². The van der Waals surface area contributed by atoms with E-state index in [1.54, 1.807) is 7.11 Å². The number of carbonyl (C=O) groups is 1. The van der Waals surface area contributed by atoms with Crippen molar-refractivity contribution in [3.63, 3.8) is 0 Å². The third kappa shape index (κ3) is 5.47. The van der Waals surface area contributed by atoms with Gasteiger partial charge in [0.15, 0.2) is 0 Å².